The van der Waals surface area contributed by atoms with Gasteiger partial charge in [0.1, 0.15) is 11.5 Å². The van der Waals surface area contributed by atoms with Crippen LogP contribution in [0.3, 0.4) is 0 Å². The van der Waals surface area contributed by atoms with Crippen LogP contribution in [-0.4, -0.2) is 35.6 Å². The molecule has 0 amide bonds. The maximum atomic E-state index is 10.8. The molecule has 0 aromatic carbocycles. The van der Waals surface area contributed by atoms with Crippen molar-refractivity contribution in [3.05, 3.63) is 24.0 Å². The molecule has 84 valence electrons. The van der Waals surface area contributed by atoms with Crippen molar-refractivity contribution in [1.29, 1.82) is 0 Å². The highest BCUT2D eigenvalue weighted by atomic mass is 16.4. The molecule has 1 N–H and O–H groups in total. The molecule has 0 radical (unpaired) electrons. The average Bonchev–Trinajstić information content (AvgIpc) is 2.82. The topological polar surface area (TPSA) is 85.8 Å². The molecule has 7 heteroatoms. The normalized spacial score (nSPS) is 10.6. The Kier molecular flexibility index (Phi) is 2.43. The summed E-state index contributed by atoms with van der Waals surface area (Å²) >= 11 is 0. The van der Waals surface area contributed by atoms with Gasteiger partial charge in [-0.1, -0.05) is 6.92 Å². The first-order valence-electron chi connectivity index (χ1n) is 4.80. The molecule has 2 heterocycles. The Hall–Kier alpha value is -2.18. The summed E-state index contributed by atoms with van der Waals surface area (Å²) in [5, 5.41) is 16.7. The zero-order valence-corrected chi connectivity index (χ0v) is 8.95. The van der Waals surface area contributed by atoms with Crippen LogP contribution in [0, 0.1) is 0 Å². The summed E-state index contributed by atoms with van der Waals surface area (Å²) in [6.45, 7) is 1.89. The summed E-state index contributed by atoms with van der Waals surface area (Å²) in [5.74, 6) is -0.719. The Morgan fingerprint density at radius 2 is 2.31 bits per heavy atom. The number of carboxylic acid groups (broad SMARTS) is 1. The number of nitrogens with zero attached hydrogens (tertiary/aromatic N) is 5. The van der Waals surface area contributed by atoms with Crippen LogP contribution >= 0.6 is 0 Å². The molecule has 0 fully saturated rings. The lowest BCUT2D eigenvalue weighted by atomic mass is 10.4. The van der Waals surface area contributed by atoms with Gasteiger partial charge >= 0.3 is 5.97 Å². The first-order valence-corrected chi connectivity index (χ1v) is 4.80. The third kappa shape index (κ3) is 1.67. The van der Waals surface area contributed by atoms with E-state index >= 15 is 0 Å². The number of rotatable bonds is 3. The van der Waals surface area contributed by atoms with Crippen molar-refractivity contribution >= 4 is 5.97 Å². The molecule has 0 bridgehead atoms. The smallest absolute Gasteiger partial charge is 0.375 e. The van der Waals surface area contributed by atoms with Gasteiger partial charge < -0.3 is 5.11 Å². The van der Waals surface area contributed by atoms with Gasteiger partial charge in [-0.3, -0.25) is 4.68 Å². The molecular weight excluding hydrogens is 210 g/mol. The highest BCUT2D eigenvalue weighted by Crippen LogP contribution is 2.09. The lowest BCUT2D eigenvalue weighted by Crippen LogP contribution is -2.02. The van der Waals surface area contributed by atoms with E-state index in [4.69, 9.17) is 5.11 Å². The Bertz CT molecular complexity index is 528. The molecule has 0 aliphatic carbocycles. The minimum atomic E-state index is -1.13. The fourth-order valence-electron chi connectivity index (χ4n) is 1.39. The predicted octanol–water partition coefficient (Wildman–Crippen LogP) is 0.261. The predicted molar refractivity (Wildman–Crippen MR) is 54.5 cm³/mol. The Morgan fingerprint density at radius 1 is 1.56 bits per heavy atom. The zero-order chi connectivity index (χ0) is 11.7. The Morgan fingerprint density at radius 3 is 2.81 bits per heavy atom. The third-order valence-corrected chi connectivity index (χ3v) is 2.12. The van der Waals surface area contributed by atoms with Crippen LogP contribution in [0.15, 0.2) is 12.4 Å². The summed E-state index contributed by atoms with van der Waals surface area (Å²) in [6.07, 6.45) is 3.97. The number of aryl methyl sites for hydroxylation is 2. The van der Waals surface area contributed by atoms with Gasteiger partial charge in [0.25, 0.3) is 5.82 Å². The van der Waals surface area contributed by atoms with E-state index in [0.717, 1.165) is 0 Å². The summed E-state index contributed by atoms with van der Waals surface area (Å²) in [5.41, 5.74) is 0.708. The average molecular weight is 221 g/mol. The van der Waals surface area contributed by atoms with Crippen LogP contribution in [0.4, 0.5) is 0 Å². The number of hydrogen-bond acceptors (Lipinski definition) is 4. The summed E-state index contributed by atoms with van der Waals surface area (Å²) in [7, 11) is 1.78. The van der Waals surface area contributed by atoms with Crippen LogP contribution in [0.25, 0.3) is 5.69 Å². The second kappa shape index (κ2) is 3.76. The first-order chi connectivity index (χ1) is 7.61. The molecule has 2 aromatic rings. The van der Waals surface area contributed by atoms with Crippen LogP contribution in [0.5, 0.6) is 0 Å². The number of carbonyl (C=O) groups is 1. The van der Waals surface area contributed by atoms with E-state index in [0.29, 0.717) is 17.9 Å². The lowest BCUT2D eigenvalue weighted by Gasteiger charge is -1.98. The van der Waals surface area contributed by atoms with E-state index in [1.165, 1.54) is 4.68 Å². The first kappa shape index (κ1) is 10.3. The zero-order valence-electron chi connectivity index (χ0n) is 8.95. The van der Waals surface area contributed by atoms with Crippen molar-refractivity contribution < 1.29 is 9.90 Å². The Balaban J connectivity index is 2.51. The largest absolute Gasteiger partial charge is 0.475 e. The second-order valence-corrected chi connectivity index (χ2v) is 3.29. The van der Waals surface area contributed by atoms with E-state index in [-0.39, 0.29) is 5.82 Å². The molecule has 16 heavy (non-hydrogen) atoms. The SMILES string of the molecule is CCc1nc(C(=O)O)nn1-c1cnn(C)c1. The minimum absolute atomic E-state index is 0.194. The van der Waals surface area contributed by atoms with Gasteiger partial charge in [0, 0.05) is 13.5 Å². The van der Waals surface area contributed by atoms with Gasteiger partial charge in [0.15, 0.2) is 0 Å². The highest BCUT2D eigenvalue weighted by molar-refractivity contribution is 5.83. The fraction of sp³-hybridized carbons (Fsp3) is 0.333. The van der Waals surface area contributed by atoms with E-state index in [2.05, 4.69) is 15.2 Å². The van der Waals surface area contributed by atoms with E-state index in [9.17, 15) is 4.79 Å². The van der Waals surface area contributed by atoms with Crippen molar-refractivity contribution in [2.24, 2.45) is 7.05 Å². The van der Waals surface area contributed by atoms with Gasteiger partial charge in [-0.05, 0) is 0 Å². The molecular formula is C9H11N5O2. The molecule has 0 unspecified atom stereocenters. The highest BCUT2D eigenvalue weighted by Gasteiger charge is 2.15. The van der Waals surface area contributed by atoms with Gasteiger partial charge in [0.05, 0.1) is 12.4 Å². The summed E-state index contributed by atoms with van der Waals surface area (Å²) in [6, 6.07) is 0. The van der Waals surface area contributed by atoms with Crippen molar-refractivity contribution in [2.45, 2.75) is 13.3 Å². The molecule has 7 nitrogen and oxygen atoms in total. The maximum absolute atomic E-state index is 10.8. The van der Waals surface area contributed by atoms with Gasteiger partial charge in [0.2, 0.25) is 0 Å². The quantitative estimate of drug-likeness (QED) is 0.803. The molecule has 0 spiro atoms. The van der Waals surface area contributed by atoms with Crippen LogP contribution in [0.2, 0.25) is 0 Å². The fourth-order valence-corrected chi connectivity index (χ4v) is 1.39. The maximum Gasteiger partial charge on any atom is 0.375 e. The number of carboxylic acids is 1. The van der Waals surface area contributed by atoms with Gasteiger partial charge in [-0.2, -0.15) is 5.10 Å². The van der Waals surface area contributed by atoms with E-state index in [1.54, 1.807) is 24.1 Å². The number of aromatic nitrogens is 5. The molecule has 0 saturated carbocycles. The minimum Gasteiger partial charge on any atom is -0.475 e. The molecule has 2 aromatic heterocycles. The molecule has 0 aliphatic heterocycles. The summed E-state index contributed by atoms with van der Waals surface area (Å²) < 4.78 is 3.12. The standard InChI is InChI=1S/C9H11N5O2/c1-3-7-11-8(9(15)16)12-14(7)6-4-10-13(2)5-6/h4-5H,3H2,1-2H3,(H,15,16). The molecule has 0 saturated heterocycles. The van der Waals surface area contributed by atoms with Gasteiger partial charge in [-0.25, -0.2) is 14.5 Å². The van der Waals surface area contributed by atoms with Gasteiger partial charge in [-0.15, -0.1) is 5.10 Å². The molecule has 2 rings (SSSR count). The lowest BCUT2D eigenvalue weighted by molar-refractivity contribution is 0.0683. The van der Waals surface area contributed by atoms with Crippen molar-refractivity contribution in [1.82, 2.24) is 24.5 Å². The van der Waals surface area contributed by atoms with Crippen molar-refractivity contribution in [2.75, 3.05) is 0 Å². The van der Waals surface area contributed by atoms with E-state index < -0.39 is 5.97 Å². The van der Waals surface area contributed by atoms with Crippen LogP contribution in [0.1, 0.15) is 23.4 Å². The number of hydrogen-bond donors (Lipinski definition) is 1. The van der Waals surface area contributed by atoms with Crippen LogP contribution < -0.4 is 0 Å². The second-order valence-electron chi connectivity index (χ2n) is 3.29. The van der Waals surface area contributed by atoms with Crippen molar-refractivity contribution in [3.8, 4) is 5.69 Å². The van der Waals surface area contributed by atoms with E-state index in [1.807, 2.05) is 6.92 Å². The third-order valence-electron chi connectivity index (χ3n) is 2.12. The molecule has 0 aliphatic rings. The van der Waals surface area contributed by atoms with Crippen molar-refractivity contribution in [3.63, 3.8) is 0 Å². The summed E-state index contributed by atoms with van der Waals surface area (Å²) in [4.78, 5) is 14.7. The molecule has 0 atom stereocenters. The number of aromatic carboxylic acids is 1. The Labute approximate surface area is 91.3 Å². The van der Waals surface area contributed by atoms with Crippen LogP contribution in [-0.2, 0) is 13.5 Å². The monoisotopic (exact) mass is 221 g/mol.